The fourth-order valence-electron chi connectivity index (χ4n) is 2.29. The van der Waals surface area contributed by atoms with Crippen LogP contribution in [0.5, 0.6) is 0 Å². The quantitative estimate of drug-likeness (QED) is 0.886. The highest BCUT2D eigenvalue weighted by atomic mass is 16.5. The van der Waals surface area contributed by atoms with Crippen molar-refractivity contribution in [2.45, 2.75) is 26.3 Å². The first-order valence-corrected chi connectivity index (χ1v) is 7.09. The molecule has 0 fully saturated rings. The average Bonchev–Trinajstić information content (AvgIpc) is 2.92. The lowest BCUT2D eigenvalue weighted by atomic mass is 10.1. The molecule has 1 N–H and O–H groups in total. The highest BCUT2D eigenvalue weighted by Crippen LogP contribution is 2.15. The maximum Gasteiger partial charge on any atom is 0.255 e. The number of benzene rings is 1. The molecule has 1 aromatic heterocycles. The third-order valence-electron chi connectivity index (χ3n) is 3.24. The summed E-state index contributed by atoms with van der Waals surface area (Å²) in [5.74, 6) is -0.112. The molecule has 0 saturated carbocycles. The number of hydrogen-bond donors (Lipinski definition) is 1. The van der Waals surface area contributed by atoms with E-state index in [1.54, 1.807) is 13.3 Å². The minimum Gasteiger partial charge on any atom is -0.383 e. The maximum atomic E-state index is 12.3. The third kappa shape index (κ3) is 3.49. The Morgan fingerprint density at radius 3 is 2.71 bits per heavy atom. The summed E-state index contributed by atoms with van der Waals surface area (Å²) in [6.45, 7) is 4.42. The van der Waals surface area contributed by atoms with Crippen molar-refractivity contribution < 1.29 is 9.53 Å². The van der Waals surface area contributed by atoms with Crippen LogP contribution in [0, 0.1) is 0 Å². The molecule has 2 aromatic rings. The van der Waals surface area contributed by atoms with Crippen molar-refractivity contribution in [2.24, 2.45) is 0 Å². The van der Waals surface area contributed by atoms with Gasteiger partial charge in [0.25, 0.3) is 5.91 Å². The van der Waals surface area contributed by atoms with Crippen LogP contribution in [-0.2, 0) is 11.2 Å². The zero-order valence-corrected chi connectivity index (χ0v) is 12.7. The minimum atomic E-state index is -0.112. The Morgan fingerprint density at radius 1 is 1.38 bits per heavy atom. The fraction of sp³-hybridized carbons (Fsp3) is 0.375. The van der Waals surface area contributed by atoms with E-state index in [1.807, 2.05) is 48.9 Å². The van der Waals surface area contributed by atoms with Crippen molar-refractivity contribution in [1.82, 2.24) is 15.1 Å². The number of methoxy groups -OCH3 is 1. The van der Waals surface area contributed by atoms with Crippen LogP contribution in [-0.4, -0.2) is 35.4 Å². The second kappa shape index (κ2) is 7.04. The van der Waals surface area contributed by atoms with Crippen LogP contribution < -0.4 is 5.32 Å². The van der Waals surface area contributed by atoms with Gasteiger partial charge >= 0.3 is 0 Å². The number of carbonyl (C=O) groups is 1. The normalized spacial score (nSPS) is 12.1. The highest BCUT2D eigenvalue weighted by Gasteiger charge is 2.18. The Kier molecular flexibility index (Phi) is 5.11. The molecule has 0 saturated heterocycles. The van der Waals surface area contributed by atoms with E-state index in [2.05, 4.69) is 10.4 Å². The summed E-state index contributed by atoms with van der Waals surface area (Å²) >= 11 is 0. The van der Waals surface area contributed by atoms with Gasteiger partial charge in [0.2, 0.25) is 0 Å². The van der Waals surface area contributed by atoms with Crippen LogP contribution in [0.4, 0.5) is 0 Å². The Bertz CT molecular complexity index is 593. The van der Waals surface area contributed by atoms with E-state index in [-0.39, 0.29) is 11.9 Å². The van der Waals surface area contributed by atoms with Crippen molar-refractivity contribution in [3.63, 3.8) is 0 Å². The molecular formula is C16H21N3O2. The van der Waals surface area contributed by atoms with Gasteiger partial charge in [0.15, 0.2) is 0 Å². The Hall–Kier alpha value is -2.14. The van der Waals surface area contributed by atoms with Crippen LogP contribution in [0.2, 0.25) is 0 Å². The van der Waals surface area contributed by atoms with Crippen LogP contribution in [0.25, 0.3) is 5.69 Å². The lowest BCUT2D eigenvalue weighted by molar-refractivity contribution is 0.0904. The van der Waals surface area contributed by atoms with Gasteiger partial charge in [-0.1, -0.05) is 25.1 Å². The third-order valence-corrected chi connectivity index (χ3v) is 3.24. The number of ether oxygens (including phenoxy) is 1. The van der Waals surface area contributed by atoms with Crippen LogP contribution >= 0.6 is 0 Å². The van der Waals surface area contributed by atoms with Gasteiger partial charge in [-0.3, -0.25) is 4.79 Å². The topological polar surface area (TPSA) is 56.1 Å². The Balaban J connectivity index is 2.26. The zero-order valence-electron chi connectivity index (χ0n) is 12.7. The van der Waals surface area contributed by atoms with Gasteiger partial charge in [-0.05, 0) is 25.5 Å². The highest BCUT2D eigenvalue weighted by molar-refractivity contribution is 5.95. The van der Waals surface area contributed by atoms with Crippen molar-refractivity contribution in [3.8, 4) is 5.69 Å². The van der Waals surface area contributed by atoms with E-state index < -0.39 is 0 Å². The van der Waals surface area contributed by atoms with Gasteiger partial charge in [0, 0.05) is 13.2 Å². The lowest BCUT2D eigenvalue weighted by Crippen LogP contribution is -2.35. The molecule has 0 radical (unpaired) electrons. The number of nitrogens with one attached hydrogen (secondary N) is 1. The lowest BCUT2D eigenvalue weighted by Gasteiger charge is -2.13. The fourth-order valence-corrected chi connectivity index (χ4v) is 2.29. The van der Waals surface area contributed by atoms with E-state index in [9.17, 15) is 4.79 Å². The molecule has 0 aliphatic rings. The first-order valence-electron chi connectivity index (χ1n) is 7.09. The molecule has 2 rings (SSSR count). The van der Waals surface area contributed by atoms with E-state index >= 15 is 0 Å². The van der Waals surface area contributed by atoms with E-state index in [4.69, 9.17) is 4.74 Å². The molecule has 21 heavy (non-hydrogen) atoms. The number of aromatic nitrogens is 2. The number of para-hydroxylation sites is 1. The maximum absolute atomic E-state index is 12.3. The van der Waals surface area contributed by atoms with Gasteiger partial charge in [0.1, 0.15) is 0 Å². The molecule has 1 atom stereocenters. The number of hydrogen-bond acceptors (Lipinski definition) is 3. The van der Waals surface area contributed by atoms with Gasteiger partial charge in [-0.2, -0.15) is 5.10 Å². The molecule has 1 aromatic carbocycles. The molecule has 0 aliphatic heterocycles. The summed E-state index contributed by atoms with van der Waals surface area (Å²) in [4.78, 5) is 12.3. The molecule has 0 bridgehead atoms. The molecule has 5 nitrogen and oxygen atoms in total. The summed E-state index contributed by atoms with van der Waals surface area (Å²) in [6, 6.07) is 9.78. The second-order valence-electron chi connectivity index (χ2n) is 4.94. The SMILES string of the molecule is CCc1c(C(=O)NC(C)COC)cnn1-c1ccccc1. The standard InChI is InChI=1S/C16H21N3O2/c1-4-15-14(16(20)18-12(2)11-21-3)10-17-19(15)13-8-6-5-7-9-13/h5-10,12H,4,11H2,1-3H3,(H,18,20). The second-order valence-corrected chi connectivity index (χ2v) is 4.94. The first-order chi connectivity index (χ1) is 10.2. The molecular weight excluding hydrogens is 266 g/mol. The van der Waals surface area contributed by atoms with Crippen molar-refractivity contribution in [1.29, 1.82) is 0 Å². The predicted octanol–water partition coefficient (Wildman–Crippen LogP) is 2.20. The molecule has 112 valence electrons. The number of nitrogens with zero attached hydrogens (tertiary/aromatic N) is 2. The molecule has 0 spiro atoms. The van der Waals surface area contributed by atoms with Crippen molar-refractivity contribution >= 4 is 5.91 Å². The van der Waals surface area contributed by atoms with Gasteiger partial charge in [-0.25, -0.2) is 4.68 Å². The summed E-state index contributed by atoms with van der Waals surface area (Å²) < 4.78 is 6.85. The Labute approximate surface area is 124 Å². The molecule has 1 heterocycles. The van der Waals surface area contributed by atoms with E-state index in [0.29, 0.717) is 12.2 Å². The largest absolute Gasteiger partial charge is 0.383 e. The van der Waals surface area contributed by atoms with Crippen LogP contribution in [0.15, 0.2) is 36.5 Å². The monoisotopic (exact) mass is 287 g/mol. The van der Waals surface area contributed by atoms with Crippen LogP contribution in [0.3, 0.4) is 0 Å². The number of rotatable bonds is 6. The van der Waals surface area contributed by atoms with Crippen molar-refractivity contribution in [2.75, 3.05) is 13.7 Å². The number of carbonyl (C=O) groups excluding carboxylic acids is 1. The van der Waals surface area contributed by atoms with Gasteiger partial charge in [0.05, 0.1) is 29.7 Å². The summed E-state index contributed by atoms with van der Waals surface area (Å²) in [5, 5.41) is 7.28. The summed E-state index contributed by atoms with van der Waals surface area (Å²) in [7, 11) is 1.62. The van der Waals surface area contributed by atoms with Crippen molar-refractivity contribution in [3.05, 3.63) is 47.8 Å². The minimum absolute atomic E-state index is 0.0349. The summed E-state index contributed by atoms with van der Waals surface area (Å²) in [6.07, 6.45) is 2.36. The van der Waals surface area contributed by atoms with Crippen LogP contribution in [0.1, 0.15) is 29.9 Å². The van der Waals surface area contributed by atoms with E-state index in [1.165, 1.54) is 0 Å². The first kappa shape index (κ1) is 15.3. The molecule has 5 heteroatoms. The van der Waals surface area contributed by atoms with E-state index in [0.717, 1.165) is 17.8 Å². The zero-order chi connectivity index (χ0) is 15.2. The predicted molar refractivity (Wildman–Crippen MR) is 81.7 cm³/mol. The Morgan fingerprint density at radius 2 is 2.10 bits per heavy atom. The number of amides is 1. The summed E-state index contributed by atoms with van der Waals surface area (Å²) in [5.41, 5.74) is 2.48. The molecule has 1 amide bonds. The molecule has 1 unspecified atom stereocenters. The van der Waals surface area contributed by atoms with Gasteiger partial charge < -0.3 is 10.1 Å². The van der Waals surface area contributed by atoms with Gasteiger partial charge in [-0.15, -0.1) is 0 Å². The molecule has 0 aliphatic carbocycles. The smallest absolute Gasteiger partial charge is 0.255 e. The average molecular weight is 287 g/mol.